The molecule has 2 nitrogen and oxygen atoms in total. The van der Waals surface area contributed by atoms with Crippen LogP contribution in [0.25, 0.3) is 0 Å². The van der Waals surface area contributed by atoms with Gasteiger partial charge in [0.05, 0.1) is 0 Å². The number of rotatable bonds is 0. The summed E-state index contributed by atoms with van der Waals surface area (Å²) in [5.74, 6) is 0. The summed E-state index contributed by atoms with van der Waals surface area (Å²) < 4.78 is 17.0. The molecule has 21 valence electrons. The van der Waals surface area contributed by atoms with Crippen molar-refractivity contribution < 1.29 is 25.7 Å². The Morgan fingerprint density at radius 1 is 1.25 bits per heavy atom. The zero-order valence-corrected chi connectivity index (χ0v) is 6.80. The summed E-state index contributed by atoms with van der Waals surface area (Å²) in [6, 6.07) is 0. The third kappa shape index (κ3) is 10.8. The molecule has 0 aromatic rings. The van der Waals surface area contributed by atoms with E-state index in [-0.39, 0.29) is 26.2 Å². The fourth-order valence-corrected chi connectivity index (χ4v) is 0. The van der Waals surface area contributed by atoms with Gasteiger partial charge in [-0.2, -0.15) is 0 Å². The molecule has 0 atom stereocenters. The Hall–Kier alpha value is 1.20. The molecular weight excluding hydrogens is 289 g/mol. The van der Waals surface area contributed by atoms with E-state index in [2.05, 4.69) is 0 Å². The molecule has 0 unspecified atom stereocenters. The van der Waals surface area contributed by atoms with Crippen LogP contribution in [0.15, 0.2) is 0 Å². The van der Waals surface area contributed by atoms with E-state index in [4.69, 9.17) is 6.65 Å². The van der Waals surface area contributed by atoms with E-state index in [0.717, 1.165) is 0 Å². The van der Waals surface area contributed by atoms with Crippen molar-refractivity contribution in [1.29, 1.82) is 0 Å². The standard InChI is InChI=1S/Bi.2O.Ti. The van der Waals surface area contributed by atoms with Crippen molar-refractivity contribution in [1.82, 2.24) is 0 Å². The maximum absolute atomic E-state index is 8.50. The van der Waals surface area contributed by atoms with Crippen LogP contribution < -0.4 is 0 Å². The van der Waals surface area contributed by atoms with E-state index in [9.17, 15) is 0 Å². The van der Waals surface area contributed by atoms with Crippen molar-refractivity contribution >= 4 is 26.2 Å². The monoisotopic (exact) mass is 289 g/mol. The molecule has 0 aliphatic carbocycles. The van der Waals surface area contributed by atoms with Gasteiger partial charge < -0.3 is 0 Å². The fraction of sp³-hybridized carbons (Fsp3) is 0. The van der Waals surface area contributed by atoms with Gasteiger partial charge in [-0.25, -0.2) is 0 Å². The Balaban J connectivity index is 0. The molecule has 0 aromatic carbocycles. The van der Waals surface area contributed by atoms with Gasteiger partial charge in [-0.15, -0.1) is 0 Å². The van der Waals surface area contributed by atoms with Crippen molar-refractivity contribution in [3.8, 4) is 0 Å². The van der Waals surface area contributed by atoms with Gasteiger partial charge in [-0.05, 0) is 0 Å². The second kappa shape index (κ2) is 8.89. The van der Waals surface area contributed by atoms with Gasteiger partial charge in [0.25, 0.3) is 0 Å². The van der Waals surface area contributed by atoms with E-state index >= 15 is 0 Å². The second-order valence-corrected chi connectivity index (χ2v) is 0.344. The Morgan fingerprint density at radius 2 is 1.25 bits per heavy atom. The first kappa shape index (κ1) is 8.96. The Labute approximate surface area is 51.7 Å². The molecule has 0 saturated heterocycles. The van der Waals surface area contributed by atoms with Gasteiger partial charge in [0, 0.05) is 26.2 Å². The first-order valence-corrected chi connectivity index (χ1v) is 1.68. The molecule has 0 bridgehead atoms. The Kier molecular flexibility index (Phi) is 19.9. The molecule has 0 aliphatic heterocycles. The van der Waals surface area contributed by atoms with Crippen LogP contribution in [0.4, 0.5) is 0 Å². The van der Waals surface area contributed by atoms with Crippen LogP contribution in [0.3, 0.4) is 0 Å². The van der Waals surface area contributed by atoms with E-state index < -0.39 is 19.1 Å². The van der Waals surface area contributed by atoms with Crippen molar-refractivity contribution in [3.05, 3.63) is 0 Å². The molecule has 0 saturated carbocycles. The summed E-state index contributed by atoms with van der Waals surface area (Å²) in [6.07, 6.45) is 0. The molecular formula is BiO2Ti. The van der Waals surface area contributed by atoms with Crippen LogP contribution in [0, 0.1) is 0 Å². The van der Waals surface area contributed by atoms with Crippen LogP contribution >= 0.6 is 0 Å². The van der Waals surface area contributed by atoms with Gasteiger partial charge in [0.1, 0.15) is 0 Å². The molecule has 0 aromatic heterocycles. The molecule has 0 amide bonds. The molecule has 0 heterocycles. The molecule has 3 radical (unpaired) electrons. The van der Waals surface area contributed by atoms with Crippen molar-refractivity contribution in [2.45, 2.75) is 0 Å². The summed E-state index contributed by atoms with van der Waals surface area (Å²) in [5, 5.41) is 0. The van der Waals surface area contributed by atoms with Crippen LogP contribution in [0.2, 0.25) is 0 Å². The van der Waals surface area contributed by atoms with Crippen LogP contribution in [-0.2, 0) is 25.7 Å². The molecule has 4 heavy (non-hydrogen) atoms. The van der Waals surface area contributed by atoms with E-state index in [1.54, 1.807) is 0 Å². The van der Waals surface area contributed by atoms with Crippen molar-refractivity contribution in [3.63, 3.8) is 0 Å². The minimum atomic E-state index is -2.00. The summed E-state index contributed by atoms with van der Waals surface area (Å²) in [7, 11) is 0. The van der Waals surface area contributed by atoms with E-state index in [1.807, 2.05) is 0 Å². The minimum absolute atomic E-state index is 0. The SMILES string of the molecule is [Bi].[O]=[Ti]=[O]. The quantitative estimate of drug-likeness (QED) is 0.557. The molecule has 0 rings (SSSR count). The molecule has 0 fully saturated rings. The van der Waals surface area contributed by atoms with Gasteiger partial charge >= 0.3 is 25.7 Å². The summed E-state index contributed by atoms with van der Waals surface area (Å²) in [6.45, 7) is 0. The summed E-state index contributed by atoms with van der Waals surface area (Å²) in [4.78, 5) is 0. The molecule has 4 heteroatoms. The van der Waals surface area contributed by atoms with Crippen molar-refractivity contribution in [2.24, 2.45) is 0 Å². The predicted octanol–water partition coefficient (Wildman–Crippen LogP) is -0.621. The van der Waals surface area contributed by atoms with Gasteiger partial charge in [-0.3, -0.25) is 0 Å². The average Bonchev–Trinajstić information content (AvgIpc) is 0.918. The fourth-order valence-electron chi connectivity index (χ4n) is 0. The summed E-state index contributed by atoms with van der Waals surface area (Å²) >= 11 is -2.00. The van der Waals surface area contributed by atoms with Crippen molar-refractivity contribution in [2.75, 3.05) is 0 Å². The van der Waals surface area contributed by atoms with E-state index in [1.165, 1.54) is 0 Å². The third-order valence-corrected chi connectivity index (χ3v) is 0. The predicted molar refractivity (Wildman–Crippen MR) is 7.13 cm³/mol. The second-order valence-electron chi connectivity index (χ2n) is 0.0833. The van der Waals surface area contributed by atoms with Crippen LogP contribution in [0.1, 0.15) is 0 Å². The molecule has 0 N–H and O–H groups in total. The Bertz CT molecular complexity index is 27.0. The normalized spacial score (nSPS) is 2.00. The molecule has 0 spiro atoms. The van der Waals surface area contributed by atoms with Gasteiger partial charge in [0.2, 0.25) is 0 Å². The summed E-state index contributed by atoms with van der Waals surface area (Å²) in [5.41, 5.74) is 0. The zero-order valence-electron chi connectivity index (χ0n) is 1.76. The average molecular weight is 289 g/mol. The van der Waals surface area contributed by atoms with Crippen LogP contribution in [-0.4, -0.2) is 26.2 Å². The van der Waals surface area contributed by atoms with Crippen LogP contribution in [0.5, 0.6) is 0 Å². The maximum atomic E-state index is 8.50. The zero-order chi connectivity index (χ0) is 2.71. The first-order chi connectivity index (χ1) is 1.41. The Morgan fingerprint density at radius 3 is 1.25 bits per heavy atom. The van der Waals surface area contributed by atoms with Gasteiger partial charge in [-0.1, -0.05) is 0 Å². The molecule has 0 aliphatic rings. The number of hydrogen-bond donors (Lipinski definition) is 0. The van der Waals surface area contributed by atoms with E-state index in [0.29, 0.717) is 0 Å². The van der Waals surface area contributed by atoms with Gasteiger partial charge in [0.15, 0.2) is 0 Å². The number of hydrogen-bond acceptors (Lipinski definition) is 2. The first-order valence-electron chi connectivity index (χ1n) is 0.408. The topological polar surface area (TPSA) is 34.1 Å². The third-order valence-electron chi connectivity index (χ3n) is 0.